The number of hydrogen-bond donors (Lipinski definition) is 0. The first-order valence-electron chi connectivity index (χ1n) is 4.53. The fourth-order valence-corrected chi connectivity index (χ4v) is 2.07. The van der Waals surface area contributed by atoms with Crippen molar-refractivity contribution in [3.05, 3.63) is 0 Å². The van der Waals surface area contributed by atoms with E-state index in [1.165, 1.54) is 32.1 Å². The molecule has 2 heteroatoms. The first kappa shape index (κ1) is 9.67. The molecule has 0 aliphatic heterocycles. The van der Waals surface area contributed by atoms with Crippen molar-refractivity contribution in [2.24, 2.45) is 5.92 Å². The second-order valence-electron chi connectivity index (χ2n) is 3.48. The van der Waals surface area contributed by atoms with Crippen LogP contribution in [0, 0.1) is 5.92 Å². The molecular weight excluding hydrogens is 179 g/mol. The minimum atomic E-state index is 0.206. The summed E-state index contributed by atoms with van der Waals surface area (Å²) in [6, 6.07) is 0. The van der Waals surface area contributed by atoms with E-state index in [9.17, 15) is 0 Å². The van der Waals surface area contributed by atoms with Gasteiger partial charge in [-0.25, -0.2) is 0 Å². The summed E-state index contributed by atoms with van der Waals surface area (Å²) >= 11 is 11.5. The molecule has 1 fully saturated rings. The quantitative estimate of drug-likeness (QED) is 0.598. The van der Waals surface area contributed by atoms with Crippen LogP contribution in [0.2, 0.25) is 0 Å². The third-order valence-electron chi connectivity index (χ3n) is 2.53. The second kappa shape index (κ2) is 5.27. The predicted octanol–water partition coefficient (Wildman–Crippen LogP) is 3.80. The Morgan fingerprint density at radius 1 is 1.27 bits per heavy atom. The number of rotatable bonds is 4. The summed E-state index contributed by atoms with van der Waals surface area (Å²) in [6.45, 7) is 0. The number of halogens is 2. The first-order valence-corrected chi connectivity index (χ1v) is 5.50. The molecule has 0 aromatic heterocycles. The lowest BCUT2D eigenvalue weighted by molar-refractivity contribution is 0.483. The normalized spacial score (nSPS) is 22.4. The lowest BCUT2D eigenvalue weighted by Gasteiger charge is -2.10. The van der Waals surface area contributed by atoms with Gasteiger partial charge in [0.25, 0.3) is 0 Å². The number of alkyl halides is 2. The SMILES string of the molecule is ClCC(Cl)CCC1CCCC1. The minimum absolute atomic E-state index is 0.206. The molecule has 0 radical (unpaired) electrons. The molecule has 0 heterocycles. The molecule has 1 atom stereocenters. The summed E-state index contributed by atoms with van der Waals surface area (Å²) in [5, 5.41) is 0.206. The van der Waals surface area contributed by atoms with Crippen molar-refractivity contribution < 1.29 is 0 Å². The molecule has 1 unspecified atom stereocenters. The van der Waals surface area contributed by atoms with Crippen molar-refractivity contribution in [3.63, 3.8) is 0 Å². The van der Waals surface area contributed by atoms with E-state index in [0.29, 0.717) is 5.88 Å². The molecule has 1 saturated carbocycles. The van der Waals surface area contributed by atoms with Gasteiger partial charge in [0.15, 0.2) is 0 Å². The van der Waals surface area contributed by atoms with Crippen molar-refractivity contribution in [1.29, 1.82) is 0 Å². The van der Waals surface area contributed by atoms with Gasteiger partial charge in [-0.3, -0.25) is 0 Å². The summed E-state index contributed by atoms with van der Waals surface area (Å²) < 4.78 is 0. The van der Waals surface area contributed by atoms with Gasteiger partial charge in [-0.05, 0) is 18.8 Å². The number of hydrogen-bond acceptors (Lipinski definition) is 0. The highest BCUT2D eigenvalue weighted by Crippen LogP contribution is 2.29. The fourth-order valence-electron chi connectivity index (χ4n) is 1.79. The molecule has 0 N–H and O–H groups in total. The maximum absolute atomic E-state index is 5.91. The van der Waals surface area contributed by atoms with Gasteiger partial charge in [-0.1, -0.05) is 25.7 Å². The standard InChI is InChI=1S/C9H16Cl2/c10-7-9(11)6-5-8-3-1-2-4-8/h8-9H,1-7H2. The molecule has 0 aromatic rings. The van der Waals surface area contributed by atoms with Crippen molar-refractivity contribution in [2.75, 3.05) is 5.88 Å². The van der Waals surface area contributed by atoms with Gasteiger partial charge in [0.05, 0.1) is 0 Å². The molecule has 0 spiro atoms. The minimum Gasteiger partial charge on any atom is -0.125 e. The van der Waals surface area contributed by atoms with Crippen molar-refractivity contribution in [2.45, 2.75) is 43.9 Å². The van der Waals surface area contributed by atoms with Gasteiger partial charge < -0.3 is 0 Å². The van der Waals surface area contributed by atoms with E-state index in [1.807, 2.05) is 0 Å². The van der Waals surface area contributed by atoms with Crippen LogP contribution in [0.25, 0.3) is 0 Å². The molecule has 0 bridgehead atoms. The zero-order valence-corrected chi connectivity index (χ0v) is 8.37. The van der Waals surface area contributed by atoms with Crippen LogP contribution in [-0.4, -0.2) is 11.3 Å². The van der Waals surface area contributed by atoms with Crippen LogP contribution < -0.4 is 0 Å². The molecule has 1 aliphatic rings. The molecular formula is C9H16Cl2. The summed E-state index contributed by atoms with van der Waals surface area (Å²) in [6.07, 6.45) is 8.10. The van der Waals surface area contributed by atoms with E-state index in [4.69, 9.17) is 23.2 Å². The summed E-state index contributed by atoms with van der Waals surface area (Å²) in [5.74, 6) is 1.56. The van der Waals surface area contributed by atoms with E-state index >= 15 is 0 Å². The highest BCUT2D eigenvalue weighted by molar-refractivity contribution is 6.28. The monoisotopic (exact) mass is 194 g/mol. The lowest BCUT2D eigenvalue weighted by Crippen LogP contribution is -2.03. The fraction of sp³-hybridized carbons (Fsp3) is 1.00. The van der Waals surface area contributed by atoms with Crippen LogP contribution in [0.15, 0.2) is 0 Å². The van der Waals surface area contributed by atoms with Crippen LogP contribution in [0.4, 0.5) is 0 Å². The Hall–Kier alpha value is 0.580. The van der Waals surface area contributed by atoms with Crippen molar-refractivity contribution in [3.8, 4) is 0 Å². The van der Waals surface area contributed by atoms with Gasteiger partial charge in [-0.15, -0.1) is 23.2 Å². The Balaban J connectivity index is 2.01. The van der Waals surface area contributed by atoms with Crippen LogP contribution in [0.1, 0.15) is 38.5 Å². The first-order chi connectivity index (χ1) is 5.33. The molecule has 66 valence electrons. The van der Waals surface area contributed by atoms with E-state index in [2.05, 4.69) is 0 Å². The maximum Gasteiger partial charge on any atom is 0.0471 e. The zero-order valence-electron chi connectivity index (χ0n) is 6.86. The van der Waals surface area contributed by atoms with Crippen molar-refractivity contribution in [1.82, 2.24) is 0 Å². The Kier molecular flexibility index (Phi) is 4.63. The molecule has 1 rings (SSSR count). The zero-order chi connectivity index (χ0) is 8.10. The lowest BCUT2D eigenvalue weighted by atomic mass is 10.0. The summed E-state index contributed by atoms with van der Waals surface area (Å²) in [7, 11) is 0. The van der Waals surface area contributed by atoms with Crippen LogP contribution in [0.5, 0.6) is 0 Å². The Labute approximate surface area is 79.3 Å². The predicted molar refractivity (Wildman–Crippen MR) is 51.6 cm³/mol. The Morgan fingerprint density at radius 3 is 2.45 bits per heavy atom. The molecule has 0 amide bonds. The van der Waals surface area contributed by atoms with E-state index in [1.54, 1.807) is 0 Å². The highest BCUT2D eigenvalue weighted by atomic mass is 35.5. The summed E-state index contributed by atoms with van der Waals surface area (Å²) in [4.78, 5) is 0. The van der Waals surface area contributed by atoms with E-state index < -0.39 is 0 Å². The largest absolute Gasteiger partial charge is 0.125 e. The summed E-state index contributed by atoms with van der Waals surface area (Å²) in [5.41, 5.74) is 0. The van der Waals surface area contributed by atoms with Gasteiger partial charge in [0.1, 0.15) is 0 Å². The van der Waals surface area contributed by atoms with Gasteiger partial charge >= 0.3 is 0 Å². The maximum atomic E-state index is 5.91. The van der Waals surface area contributed by atoms with E-state index in [0.717, 1.165) is 12.3 Å². The van der Waals surface area contributed by atoms with Gasteiger partial charge in [0.2, 0.25) is 0 Å². The molecule has 0 saturated heterocycles. The van der Waals surface area contributed by atoms with Gasteiger partial charge in [0, 0.05) is 11.3 Å². The van der Waals surface area contributed by atoms with Gasteiger partial charge in [-0.2, -0.15) is 0 Å². The molecule has 0 nitrogen and oxygen atoms in total. The van der Waals surface area contributed by atoms with E-state index in [-0.39, 0.29) is 5.38 Å². The van der Waals surface area contributed by atoms with Crippen molar-refractivity contribution >= 4 is 23.2 Å². The Bertz CT molecular complexity index is 97.7. The average Bonchev–Trinajstić information content (AvgIpc) is 2.52. The Morgan fingerprint density at radius 2 is 1.91 bits per heavy atom. The molecule has 1 aliphatic carbocycles. The van der Waals surface area contributed by atoms with Crippen LogP contribution in [0.3, 0.4) is 0 Å². The third-order valence-corrected chi connectivity index (χ3v) is 3.43. The molecule has 11 heavy (non-hydrogen) atoms. The average molecular weight is 195 g/mol. The van der Waals surface area contributed by atoms with Crippen LogP contribution in [-0.2, 0) is 0 Å². The van der Waals surface area contributed by atoms with Crippen LogP contribution >= 0.6 is 23.2 Å². The topological polar surface area (TPSA) is 0 Å². The molecule has 0 aromatic carbocycles. The smallest absolute Gasteiger partial charge is 0.0471 e. The third kappa shape index (κ3) is 3.66. The highest BCUT2D eigenvalue weighted by Gasteiger charge is 2.15. The second-order valence-corrected chi connectivity index (χ2v) is 4.41.